The molecule has 1 aromatic carbocycles. The summed E-state index contributed by atoms with van der Waals surface area (Å²) < 4.78 is 6.67. The van der Waals surface area contributed by atoms with Gasteiger partial charge in [0.25, 0.3) is 5.91 Å². The highest BCUT2D eigenvalue weighted by molar-refractivity contribution is 6.06. The van der Waals surface area contributed by atoms with Gasteiger partial charge in [-0.3, -0.25) is 14.4 Å². The zero-order valence-corrected chi connectivity index (χ0v) is 24.2. The molecule has 5 rings (SSSR count). The molecule has 0 bridgehead atoms. The minimum Gasteiger partial charge on any atom is -0.394 e. The first-order chi connectivity index (χ1) is 19.2. The van der Waals surface area contributed by atoms with Crippen molar-refractivity contribution in [3.63, 3.8) is 0 Å². The third-order valence-corrected chi connectivity index (χ3v) is 8.94. The number of amides is 3. The summed E-state index contributed by atoms with van der Waals surface area (Å²) in [4.78, 5) is 49.6. The number of likely N-dealkylation sites (N-methyl/N-ethyl adjacent to an activating group) is 1. The predicted octanol–water partition coefficient (Wildman–Crippen LogP) is 2.45. The number of aliphatic hydroxyl groups is 1. The second-order valence-corrected chi connectivity index (χ2v) is 11.7. The van der Waals surface area contributed by atoms with E-state index in [2.05, 4.69) is 18.7 Å². The molecule has 9 nitrogen and oxygen atoms in total. The molecule has 2 saturated heterocycles. The van der Waals surface area contributed by atoms with Crippen molar-refractivity contribution >= 4 is 29.1 Å². The van der Waals surface area contributed by atoms with Gasteiger partial charge in [-0.2, -0.15) is 0 Å². The van der Waals surface area contributed by atoms with E-state index in [9.17, 15) is 19.5 Å². The average Bonchev–Trinajstić information content (AvgIpc) is 3.27. The van der Waals surface area contributed by atoms with Gasteiger partial charge in [-0.15, -0.1) is 0 Å². The molecule has 1 unspecified atom stereocenters. The Hall–Kier alpha value is -3.17. The highest BCUT2D eigenvalue weighted by Crippen LogP contribution is 2.54. The molecule has 0 saturated carbocycles. The second kappa shape index (κ2) is 11.0. The summed E-state index contributed by atoms with van der Waals surface area (Å²) in [5, 5.41) is 10.5. The number of carbonyl (C=O) groups excluding carboxylic acids is 3. The largest absolute Gasteiger partial charge is 0.394 e. The van der Waals surface area contributed by atoms with Gasteiger partial charge in [0, 0.05) is 44.6 Å². The summed E-state index contributed by atoms with van der Waals surface area (Å²) >= 11 is 0. The van der Waals surface area contributed by atoms with E-state index in [4.69, 9.17) is 4.74 Å². The van der Waals surface area contributed by atoms with Gasteiger partial charge >= 0.3 is 0 Å². The number of hydrogen-bond acceptors (Lipinski definition) is 6. The van der Waals surface area contributed by atoms with Crippen LogP contribution in [0.2, 0.25) is 0 Å². The maximum Gasteiger partial charge on any atom is 0.253 e. The molecule has 2 fully saturated rings. The van der Waals surface area contributed by atoms with E-state index in [0.717, 1.165) is 24.5 Å². The molecule has 4 heterocycles. The van der Waals surface area contributed by atoms with Crippen molar-refractivity contribution in [2.45, 2.75) is 57.9 Å². The molecule has 4 aliphatic rings. The lowest BCUT2D eigenvalue weighted by Crippen LogP contribution is -2.58. The predicted molar refractivity (Wildman–Crippen MR) is 154 cm³/mol. The maximum atomic E-state index is 14.6. The van der Waals surface area contributed by atoms with Crippen LogP contribution in [0.1, 0.15) is 34.1 Å². The smallest absolute Gasteiger partial charge is 0.253 e. The van der Waals surface area contributed by atoms with Crippen LogP contribution in [0.15, 0.2) is 48.6 Å². The molecule has 3 amide bonds. The summed E-state index contributed by atoms with van der Waals surface area (Å²) in [6.07, 6.45) is 7.41. The van der Waals surface area contributed by atoms with Crippen LogP contribution >= 0.6 is 0 Å². The molecule has 4 aliphatic heterocycles. The molecule has 9 heteroatoms. The van der Waals surface area contributed by atoms with Gasteiger partial charge < -0.3 is 29.4 Å². The van der Waals surface area contributed by atoms with Crippen LogP contribution in [0, 0.1) is 17.8 Å². The summed E-state index contributed by atoms with van der Waals surface area (Å²) in [7, 11) is 1.72. The van der Waals surface area contributed by atoms with Crippen molar-refractivity contribution in [2.75, 3.05) is 49.6 Å². The van der Waals surface area contributed by atoms with E-state index in [-0.39, 0.29) is 30.2 Å². The number of rotatable bonds is 8. The number of fused-ring (bicyclic) bond motifs is 2. The molecular weight excluding hydrogens is 508 g/mol. The fraction of sp³-hybridized carbons (Fsp3) is 0.581. The molecule has 216 valence electrons. The first-order valence-electron chi connectivity index (χ1n) is 14.5. The van der Waals surface area contributed by atoms with Gasteiger partial charge in [0.15, 0.2) is 0 Å². The van der Waals surface area contributed by atoms with E-state index in [1.165, 1.54) is 0 Å². The normalized spacial score (nSPS) is 30.4. The molecule has 6 atom stereocenters. The van der Waals surface area contributed by atoms with Crippen molar-refractivity contribution in [2.24, 2.45) is 17.8 Å². The van der Waals surface area contributed by atoms with Crippen molar-refractivity contribution in [3.05, 3.63) is 48.6 Å². The maximum absolute atomic E-state index is 14.6. The molecule has 0 radical (unpaired) electrons. The topological polar surface area (TPSA) is 93.6 Å². The number of carbonyl (C=O) groups is 3. The zero-order valence-electron chi connectivity index (χ0n) is 24.2. The van der Waals surface area contributed by atoms with Gasteiger partial charge in [-0.05, 0) is 50.5 Å². The Bertz CT molecular complexity index is 1190. The van der Waals surface area contributed by atoms with Crippen molar-refractivity contribution in [3.8, 4) is 0 Å². The summed E-state index contributed by atoms with van der Waals surface area (Å²) in [5.74, 6) is -2.13. The molecule has 1 aromatic rings. The van der Waals surface area contributed by atoms with Crippen LogP contribution in [0.3, 0.4) is 0 Å². The van der Waals surface area contributed by atoms with Gasteiger partial charge in [0.1, 0.15) is 11.6 Å². The number of nitrogens with zero attached hydrogens (tertiary/aromatic N) is 4. The number of aliphatic hydroxyl groups excluding tert-OH is 1. The fourth-order valence-electron chi connectivity index (χ4n) is 7.08. The van der Waals surface area contributed by atoms with Crippen molar-refractivity contribution in [1.82, 2.24) is 9.80 Å². The number of likely N-dealkylation sites (tertiary alicyclic amines) is 1. The highest BCUT2D eigenvalue weighted by atomic mass is 16.5. The van der Waals surface area contributed by atoms with E-state index in [1.54, 1.807) is 21.7 Å². The Morgan fingerprint density at radius 3 is 2.35 bits per heavy atom. The van der Waals surface area contributed by atoms with Crippen LogP contribution < -0.4 is 9.80 Å². The minimum atomic E-state index is -1.30. The highest BCUT2D eigenvalue weighted by Gasteiger charge is 2.72. The van der Waals surface area contributed by atoms with E-state index in [1.807, 2.05) is 62.4 Å². The van der Waals surface area contributed by atoms with Gasteiger partial charge in [-0.25, -0.2) is 0 Å². The third kappa shape index (κ3) is 4.43. The van der Waals surface area contributed by atoms with Crippen molar-refractivity contribution < 1.29 is 24.2 Å². The monoisotopic (exact) mass is 550 g/mol. The number of hydrogen-bond donors (Lipinski definition) is 1. The Balaban J connectivity index is 1.59. The Labute approximate surface area is 237 Å². The molecule has 0 aromatic heterocycles. The SMILES string of the molecule is CCN(CC)c1ccc(N2CC=C[C@]34O[C@H]5C=CCN(C)C(=O)[C@H]5[C@H]3C(=O)N([C@@H](CO)CC(C)C)C4C2=O)cc1. The van der Waals surface area contributed by atoms with Crippen LogP contribution in [0.25, 0.3) is 0 Å². The van der Waals surface area contributed by atoms with Crippen LogP contribution in [0.5, 0.6) is 0 Å². The Morgan fingerprint density at radius 2 is 1.73 bits per heavy atom. The quantitative estimate of drug-likeness (QED) is 0.500. The minimum absolute atomic E-state index is 0.163. The van der Waals surface area contributed by atoms with E-state index < -0.39 is 35.6 Å². The molecule has 40 heavy (non-hydrogen) atoms. The number of benzene rings is 1. The number of ether oxygens (including phenoxy) is 1. The van der Waals surface area contributed by atoms with Gasteiger partial charge in [0.05, 0.1) is 30.6 Å². The van der Waals surface area contributed by atoms with Gasteiger partial charge in [-0.1, -0.05) is 38.2 Å². The lowest BCUT2D eigenvalue weighted by molar-refractivity contribution is -0.146. The van der Waals surface area contributed by atoms with E-state index >= 15 is 0 Å². The van der Waals surface area contributed by atoms with Crippen LogP contribution in [-0.4, -0.2) is 96.3 Å². The van der Waals surface area contributed by atoms with Crippen LogP contribution in [-0.2, 0) is 19.1 Å². The standard InChI is InChI=1S/C31H42N4O5/c1-6-33(7-2)21-11-13-22(14-12-21)34-17-9-15-31-26(25-24(40-31)10-8-16-32(5)28(25)37)29(38)35(27(31)30(34)39)23(19-36)18-20(3)4/h8-15,20,23-27,36H,6-7,16-19H2,1-5H3/t23-,24+,25-,26+,27?,31+/m1/s1. The molecule has 1 spiro atoms. The lowest BCUT2D eigenvalue weighted by Gasteiger charge is -2.39. The average molecular weight is 551 g/mol. The van der Waals surface area contributed by atoms with Crippen molar-refractivity contribution in [1.29, 1.82) is 0 Å². The third-order valence-electron chi connectivity index (χ3n) is 8.94. The Kier molecular flexibility index (Phi) is 7.81. The molecule has 1 N–H and O–H groups in total. The Morgan fingerprint density at radius 1 is 1.02 bits per heavy atom. The number of anilines is 2. The van der Waals surface area contributed by atoms with E-state index in [0.29, 0.717) is 19.5 Å². The summed E-state index contributed by atoms with van der Waals surface area (Å²) in [6.45, 7) is 10.5. The summed E-state index contributed by atoms with van der Waals surface area (Å²) in [6, 6.07) is 6.33. The first-order valence-corrected chi connectivity index (χ1v) is 14.5. The second-order valence-electron chi connectivity index (χ2n) is 11.7. The molecule has 0 aliphatic carbocycles. The zero-order chi connectivity index (χ0) is 28.8. The lowest BCUT2D eigenvalue weighted by atomic mass is 9.77. The molecular formula is C31H42N4O5. The summed E-state index contributed by atoms with van der Waals surface area (Å²) in [5.41, 5.74) is 0.500. The van der Waals surface area contributed by atoms with Gasteiger partial charge in [0.2, 0.25) is 11.8 Å². The first kappa shape index (κ1) is 28.4. The fourth-order valence-corrected chi connectivity index (χ4v) is 7.08. The van der Waals surface area contributed by atoms with Crippen LogP contribution in [0.4, 0.5) is 11.4 Å².